The van der Waals surface area contributed by atoms with Gasteiger partial charge in [0.25, 0.3) is 0 Å². The topological polar surface area (TPSA) is 15.7 Å². The Bertz CT molecular complexity index is 347. The Morgan fingerprint density at radius 3 is 2.10 bits per heavy atom. The molecule has 2 heterocycles. The Kier molecular flexibility index (Phi) is 3.17. The van der Waals surface area contributed by atoms with Gasteiger partial charge in [0.2, 0.25) is 0 Å². The van der Waals surface area contributed by atoms with Crippen LogP contribution in [0.5, 0.6) is 0 Å². The maximum Gasteiger partial charge on any atom is 0.0594 e. The molecule has 0 aromatic carbocycles. The molecule has 3 saturated carbocycles. The van der Waals surface area contributed by atoms with E-state index in [4.69, 9.17) is 4.74 Å². The number of likely N-dealkylation sites (tertiary alicyclic amines) is 1. The molecule has 2 aliphatic heterocycles. The quantitative estimate of drug-likeness (QED) is 0.788. The number of nitrogens with zero attached hydrogens (tertiary/aromatic N) is 2. The fourth-order valence-corrected chi connectivity index (χ4v) is 5.41. The second-order valence-electron chi connectivity index (χ2n) is 8.14. The Labute approximate surface area is 123 Å². The molecule has 5 rings (SSSR count). The van der Waals surface area contributed by atoms with Crippen LogP contribution >= 0.6 is 0 Å². The van der Waals surface area contributed by atoms with Gasteiger partial charge in [-0.1, -0.05) is 13.8 Å². The van der Waals surface area contributed by atoms with Gasteiger partial charge in [-0.3, -0.25) is 9.80 Å². The molecule has 0 spiro atoms. The molecular weight excluding hydrogens is 248 g/mol. The van der Waals surface area contributed by atoms with Crippen molar-refractivity contribution in [3.8, 4) is 0 Å². The van der Waals surface area contributed by atoms with E-state index in [0.717, 1.165) is 43.7 Å². The molecule has 3 nitrogen and oxygen atoms in total. The van der Waals surface area contributed by atoms with E-state index in [-0.39, 0.29) is 0 Å². The van der Waals surface area contributed by atoms with Crippen LogP contribution < -0.4 is 0 Å². The highest BCUT2D eigenvalue weighted by atomic mass is 16.5. The smallest absolute Gasteiger partial charge is 0.0594 e. The Balaban J connectivity index is 1.29. The van der Waals surface area contributed by atoms with E-state index in [1.54, 1.807) is 0 Å². The molecule has 5 aliphatic rings. The number of piperidine rings is 1. The molecule has 3 heteroatoms. The first kappa shape index (κ1) is 13.5. The van der Waals surface area contributed by atoms with E-state index in [1.807, 2.05) is 0 Å². The van der Waals surface area contributed by atoms with Crippen molar-refractivity contribution < 1.29 is 4.74 Å². The highest BCUT2D eigenvalue weighted by molar-refractivity contribution is 5.24. The standard InChI is InChI=1S/C17H30N2O/c1-14(2)16-11-17(12-16,13-16)19-5-3-15(4-6-19)18-7-9-20-10-8-18/h14-15H,3-13H2,1-2H3. The molecule has 3 aliphatic carbocycles. The lowest BCUT2D eigenvalue weighted by atomic mass is 9.35. The summed E-state index contributed by atoms with van der Waals surface area (Å²) >= 11 is 0. The summed E-state index contributed by atoms with van der Waals surface area (Å²) < 4.78 is 5.48. The van der Waals surface area contributed by atoms with Crippen LogP contribution in [0, 0.1) is 11.3 Å². The third-order valence-corrected chi connectivity index (χ3v) is 6.97. The van der Waals surface area contributed by atoms with Crippen molar-refractivity contribution in [2.24, 2.45) is 11.3 Å². The lowest BCUT2D eigenvalue weighted by Gasteiger charge is -2.76. The predicted molar refractivity (Wildman–Crippen MR) is 80.8 cm³/mol. The fourth-order valence-electron chi connectivity index (χ4n) is 5.41. The van der Waals surface area contributed by atoms with Crippen LogP contribution in [0.4, 0.5) is 0 Å². The van der Waals surface area contributed by atoms with Gasteiger partial charge in [-0.05, 0) is 43.4 Å². The van der Waals surface area contributed by atoms with Gasteiger partial charge >= 0.3 is 0 Å². The van der Waals surface area contributed by atoms with Crippen molar-refractivity contribution in [2.45, 2.75) is 57.5 Å². The van der Waals surface area contributed by atoms with Crippen molar-refractivity contribution in [2.75, 3.05) is 39.4 Å². The monoisotopic (exact) mass is 278 g/mol. The van der Waals surface area contributed by atoms with Crippen LogP contribution in [-0.2, 0) is 4.74 Å². The van der Waals surface area contributed by atoms with Gasteiger partial charge in [-0.2, -0.15) is 0 Å². The first-order valence-electron chi connectivity index (χ1n) is 8.71. The summed E-state index contributed by atoms with van der Waals surface area (Å²) in [6.07, 6.45) is 7.27. The summed E-state index contributed by atoms with van der Waals surface area (Å²) in [6.45, 7) is 11.7. The lowest BCUT2D eigenvalue weighted by Crippen LogP contribution is -2.77. The highest BCUT2D eigenvalue weighted by Gasteiger charge is 2.70. The van der Waals surface area contributed by atoms with Gasteiger partial charge in [0.05, 0.1) is 13.2 Å². The normalized spacial score (nSPS) is 43.4. The van der Waals surface area contributed by atoms with E-state index in [9.17, 15) is 0 Å². The van der Waals surface area contributed by atoms with Crippen molar-refractivity contribution >= 4 is 0 Å². The molecule has 0 amide bonds. The summed E-state index contributed by atoms with van der Waals surface area (Å²) in [5.74, 6) is 0.898. The molecule has 2 saturated heterocycles. The summed E-state index contributed by atoms with van der Waals surface area (Å²) in [6, 6.07) is 0.835. The minimum atomic E-state index is 0.653. The zero-order valence-electron chi connectivity index (χ0n) is 13.2. The molecule has 0 aromatic rings. The summed E-state index contributed by atoms with van der Waals surface area (Å²) in [5.41, 5.74) is 1.40. The number of hydrogen-bond acceptors (Lipinski definition) is 3. The minimum absolute atomic E-state index is 0.653. The summed E-state index contributed by atoms with van der Waals surface area (Å²) in [7, 11) is 0. The largest absolute Gasteiger partial charge is 0.379 e. The first-order valence-corrected chi connectivity index (χ1v) is 8.71. The highest BCUT2D eigenvalue weighted by Crippen LogP contribution is 2.73. The number of ether oxygens (including phenoxy) is 1. The SMILES string of the molecule is CC(C)C12CC(N3CCC(N4CCOCC4)CC3)(C1)C2. The maximum atomic E-state index is 5.48. The molecule has 0 radical (unpaired) electrons. The average Bonchev–Trinajstić information content (AvgIpc) is 2.37. The zero-order valence-corrected chi connectivity index (χ0v) is 13.2. The fraction of sp³-hybridized carbons (Fsp3) is 1.00. The van der Waals surface area contributed by atoms with E-state index < -0.39 is 0 Å². The van der Waals surface area contributed by atoms with Gasteiger partial charge in [-0.15, -0.1) is 0 Å². The molecule has 2 bridgehead atoms. The van der Waals surface area contributed by atoms with Crippen LogP contribution in [0.25, 0.3) is 0 Å². The van der Waals surface area contributed by atoms with Crippen molar-refractivity contribution in [1.82, 2.24) is 9.80 Å². The summed E-state index contributed by atoms with van der Waals surface area (Å²) in [5, 5.41) is 0. The van der Waals surface area contributed by atoms with Crippen molar-refractivity contribution in [3.63, 3.8) is 0 Å². The third-order valence-electron chi connectivity index (χ3n) is 6.97. The second-order valence-corrected chi connectivity index (χ2v) is 8.14. The lowest BCUT2D eigenvalue weighted by molar-refractivity contribution is -0.246. The molecule has 0 N–H and O–H groups in total. The van der Waals surface area contributed by atoms with E-state index in [1.165, 1.54) is 45.2 Å². The molecule has 5 fully saturated rings. The molecule has 0 aromatic heterocycles. The Morgan fingerprint density at radius 2 is 1.55 bits per heavy atom. The second kappa shape index (κ2) is 4.69. The molecule has 0 unspecified atom stereocenters. The number of morpholine rings is 1. The zero-order chi connectivity index (χ0) is 13.8. The van der Waals surface area contributed by atoms with E-state index in [2.05, 4.69) is 23.6 Å². The molecular formula is C17H30N2O. The van der Waals surface area contributed by atoms with Gasteiger partial charge in [0, 0.05) is 37.8 Å². The molecule has 114 valence electrons. The maximum absolute atomic E-state index is 5.48. The van der Waals surface area contributed by atoms with Crippen LogP contribution in [0.1, 0.15) is 46.0 Å². The Hall–Kier alpha value is -0.120. The Morgan fingerprint density at radius 1 is 0.950 bits per heavy atom. The van der Waals surface area contributed by atoms with Gasteiger partial charge < -0.3 is 4.74 Å². The van der Waals surface area contributed by atoms with Crippen molar-refractivity contribution in [3.05, 3.63) is 0 Å². The van der Waals surface area contributed by atoms with Crippen molar-refractivity contribution in [1.29, 1.82) is 0 Å². The van der Waals surface area contributed by atoms with Crippen LogP contribution in [0.3, 0.4) is 0 Å². The average molecular weight is 278 g/mol. The summed E-state index contributed by atoms with van der Waals surface area (Å²) in [4.78, 5) is 5.53. The van der Waals surface area contributed by atoms with Gasteiger partial charge in [0.15, 0.2) is 0 Å². The molecule has 20 heavy (non-hydrogen) atoms. The van der Waals surface area contributed by atoms with E-state index in [0.29, 0.717) is 5.54 Å². The van der Waals surface area contributed by atoms with Crippen LogP contribution in [0.15, 0.2) is 0 Å². The first-order chi connectivity index (χ1) is 9.64. The number of hydrogen-bond donors (Lipinski definition) is 0. The minimum Gasteiger partial charge on any atom is -0.379 e. The van der Waals surface area contributed by atoms with E-state index >= 15 is 0 Å². The van der Waals surface area contributed by atoms with Crippen LogP contribution in [0.2, 0.25) is 0 Å². The molecule has 0 atom stereocenters. The predicted octanol–water partition coefficient (Wildman–Crippen LogP) is 2.36. The van der Waals surface area contributed by atoms with Gasteiger partial charge in [0.1, 0.15) is 0 Å². The number of rotatable bonds is 3. The third kappa shape index (κ3) is 1.89. The van der Waals surface area contributed by atoms with Gasteiger partial charge in [-0.25, -0.2) is 0 Å². The van der Waals surface area contributed by atoms with Crippen LogP contribution in [-0.4, -0.2) is 60.8 Å².